The molecule has 0 aromatic heterocycles. The molecule has 0 saturated carbocycles. The average molecular weight is 312 g/mol. The summed E-state index contributed by atoms with van der Waals surface area (Å²) in [6.07, 6.45) is 2.00. The van der Waals surface area contributed by atoms with Crippen molar-refractivity contribution in [3.8, 4) is 0 Å². The molecule has 0 radical (unpaired) electrons. The second-order valence-electron chi connectivity index (χ2n) is 4.18. The lowest BCUT2D eigenvalue weighted by Gasteiger charge is -2.10. The van der Waals surface area contributed by atoms with Crippen LogP contribution in [0.1, 0.15) is 23.2 Å². The van der Waals surface area contributed by atoms with Crippen molar-refractivity contribution in [2.45, 2.75) is 18.9 Å². The van der Waals surface area contributed by atoms with Gasteiger partial charge in [0, 0.05) is 23.2 Å². The number of Topliss-reactive ketones (excluding diaryl/α,β-unsaturated/α-hetero) is 1. The number of ether oxygens (including phenoxy) is 1. The first-order valence-corrected chi connectivity index (χ1v) is 6.66. The minimum Gasteiger partial charge on any atom is -0.376 e. The molecule has 1 aliphatic rings. The maximum absolute atomic E-state index is 11.8. The number of rotatable bonds is 4. The third-order valence-electron chi connectivity index (χ3n) is 2.83. The van der Waals surface area contributed by atoms with Gasteiger partial charge in [-0.2, -0.15) is 0 Å². The summed E-state index contributed by atoms with van der Waals surface area (Å²) in [5.74, 6) is -1.09. The molecule has 96 valence electrons. The van der Waals surface area contributed by atoms with Crippen molar-refractivity contribution in [1.82, 2.24) is 5.32 Å². The monoisotopic (exact) mass is 311 g/mol. The molecule has 18 heavy (non-hydrogen) atoms. The third-order valence-corrected chi connectivity index (χ3v) is 3.36. The minimum atomic E-state index is -0.576. The Hall–Kier alpha value is -1.20. The van der Waals surface area contributed by atoms with Crippen molar-refractivity contribution in [3.05, 3.63) is 34.3 Å². The number of nitrogens with one attached hydrogen (secondary N) is 1. The van der Waals surface area contributed by atoms with Crippen LogP contribution in [0, 0.1) is 0 Å². The molecule has 5 heteroatoms. The van der Waals surface area contributed by atoms with Crippen molar-refractivity contribution < 1.29 is 14.3 Å². The number of hydrogen-bond acceptors (Lipinski definition) is 3. The van der Waals surface area contributed by atoms with E-state index in [1.54, 1.807) is 24.3 Å². The van der Waals surface area contributed by atoms with Gasteiger partial charge in [0.25, 0.3) is 5.91 Å². The van der Waals surface area contributed by atoms with Gasteiger partial charge in [0.1, 0.15) is 0 Å². The Morgan fingerprint density at radius 3 is 2.67 bits per heavy atom. The number of ketones is 1. The molecule has 1 fully saturated rings. The zero-order valence-electron chi connectivity index (χ0n) is 9.82. The van der Waals surface area contributed by atoms with E-state index in [2.05, 4.69) is 21.2 Å². The number of halogens is 1. The number of amides is 1. The molecule has 1 aromatic carbocycles. The molecule has 2 rings (SSSR count). The van der Waals surface area contributed by atoms with Crippen molar-refractivity contribution in [1.29, 1.82) is 0 Å². The molecular formula is C13H14BrNO3. The Bertz CT molecular complexity index is 438. The van der Waals surface area contributed by atoms with Crippen LogP contribution >= 0.6 is 15.9 Å². The first-order chi connectivity index (χ1) is 8.66. The van der Waals surface area contributed by atoms with Crippen LogP contribution < -0.4 is 5.32 Å². The second kappa shape index (κ2) is 6.11. The summed E-state index contributed by atoms with van der Waals surface area (Å²) >= 11 is 3.28. The summed E-state index contributed by atoms with van der Waals surface area (Å²) in [6, 6.07) is 6.72. The van der Waals surface area contributed by atoms with Crippen molar-refractivity contribution in [2.75, 3.05) is 13.2 Å². The van der Waals surface area contributed by atoms with Gasteiger partial charge in [0.2, 0.25) is 5.78 Å². The first kappa shape index (κ1) is 13.2. The van der Waals surface area contributed by atoms with Gasteiger partial charge < -0.3 is 10.1 Å². The van der Waals surface area contributed by atoms with Crippen molar-refractivity contribution in [3.63, 3.8) is 0 Å². The topological polar surface area (TPSA) is 55.4 Å². The summed E-state index contributed by atoms with van der Waals surface area (Å²) in [7, 11) is 0. The molecule has 1 N–H and O–H groups in total. The molecule has 1 atom stereocenters. The van der Waals surface area contributed by atoms with Gasteiger partial charge in [0.15, 0.2) is 0 Å². The van der Waals surface area contributed by atoms with Gasteiger partial charge in [-0.15, -0.1) is 0 Å². The summed E-state index contributed by atoms with van der Waals surface area (Å²) in [4.78, 5) is 23.4. The van der Waals surface area contributed by atoms with E-state index in [1.165, 1.54) is 0 Å². The fourth-order valence-electron chi connectivity index (χ4n) is 1.82. The van der Waals surface area contributed by atoms with Gasteiger partial charge in [-0.05, 0) is 37.1 Å². The van der Waals surface area contributed by atoms with E-state index in [4.69, 9.17) is 4.74 Å². The van der Waals surface area contributed by atoms with Gasteiger partial charge in [-0.1, -0.05) is 15.9 Å². The molecule has 1 saturated heterocycles. The van der Waals surface area contributed by atoms with E-state index in [0.717, 1.165) is 23.9 Å². The molecule has 0 bridgehead atoms. The molecular weight excluding hydrogens is 298 g/mol. The van der Waals surface area contributed by atoms with E-state index < -0.39 is 11.7 Å². The minimum absolute atomic E-state index is 0.0478. The smallest absolute Gasteiger partial charge is 0.292 e. The largest absolute Gasteiger partial charge is 0.376 e. The summed E-state index contributed by atoms with van der Waals surface area (Å²) in [5, 5.41) is 2.61. The number of benzene rings is 1. The number of carbonyl (C=O) groups is 2. The summed E-state index contributed by atoms with van der Waals surface area (Å²) in [5.41, 5.74) is 0.392. The number of carbonyl (C=O) groups excluding carboxylic acids is 2. The molecule has 0 aliphatic carbocycles. The molecule has 4 nitrogen and oxygen atoms in total. The fourth-order valence-corrected chi connectivity index (χ4v) is 2.09. The molecule has 0 spiro atoms. The SMILES string of the molecule is O=C(NCC1CCCO1)C(=O)c1ccc(Br)cc1. The van der Waals surface area contributed by atoms with Crippen LogP contribution in [0.25, 0.3) is 0 Å². The fraction of sp³-hybridized carbons (Fsp3) is 0.385. The standard InChI is InChI=1S/C13H14BrNO3/c14-10-5-3-9(4-6-10)12(16)13(17)15-8-11-2-1-7-18-11/h3-6,11H,1-2,7-8H2,(H,15,17). The zero-order valence-corrected chi connectivity index (χ0v) is 11.4. The maximum Gasteiger partial charge on any atom is 0.292 e. The first-order valence-electron chi connectivity index (χ1n) is 5.86. The third kappa shape index (κ3) is 3.40. The van der Waals surface area contributed by atoms with Crippen LogP contribution in [0.4, 0.5) is 0 Å². The van der Waals surface area contributed by atoms with E-state index in [0.29, 0.717) is 12.1 Å². The highest BCUT2D eigenvalue weighted by molar-refractivity contribution is 9.10. The van der Waals surface area contributed by atoms with Crippen LogP contribution in [0.2, 0.25) is 0 Å². The Morgan fingerprint density at radius 2 is 2.06 bits per heavy atom. The van der Waals surface area contributed by atoms with Gasteiger partial charge in [-0.3, -0.25) is 9.59 Å². The lowest BCUT2D eigenvalue weighted by Crippen LogP contribution is -2.36. The molecule has 1 aromatic rings. The summed E-state index contributed by atoms with van der Waals surface area (Å²) < 4.78 is 6.25. The maximum atomic E-state index is 11.8. The Labute approximate surface area is 114 Å². The van der Waals surface area contributed by atoms with Gasteiger partial charge in [-0.25, -0.2) is 0 Å². The Morgan fingerprint density at radius 1 is 1.33 bits per heavy atom. The van der Waals surface area contributed by atoms with Crippen molar-refractivity contribution >= 4 is 27.6 Å². The molecule has 1 heterocycles. The predicted molar refractivity (Wildman–Crippen MR) is 70.5 cm³/mol. The van der Waals surface area contributed by atoms with Gasteiger partial charge >= 0.3 is 0 Å². The van der Waals surface area contributed by atoms with Crippen LogP contribution in [-0.2, 0) is 9.53 Å². The van der Waals surface area contributed by atoms with Crippen LogP contribution in [0.15, 0.2) is 28.7 Å². The average Bonchev–Trinajstić information content (AvgIpc) is 2.89. The Balaban J connectivity index is 1.88. The Kier molecular flexibility index (Phi) is 4.49. The highest BCUT2D eigenvalue weighted by Gasteiger charge is 2.20. The van der Waals surface area contributed by atoms with Crippen LogP contribution in [0.3, 0.4) is 0 Å². The normalized spacial score (nSPS) is 18.6. The van der Waals surface area contributed by atoms with E-state index in [-0.39, 0.29) is 6.10 Å². The number of hydrogen-bond donors (Lipinski definition) is 1. The van der Waals surface area contributed by atoms with Crippen LogP contribution in [-0.4, -0.2) is 30.9 Å². The molecule has 1 aliphatic heterocycles. The van der Waals surface area contributed by atoms with Gasteiger partial charge in [0.05, 0.1) is 6.10 Å². The zero-order chi connectivity index (χ0) is 13.0. The molecule has 1 unspecified atom stereocenters. The van der Waals surface area contributed by atoms with E-state index >= 15 is 0 Å². The highest BCUT2D eigenvalue weighted by Crippen LogP contribution is 2.12. The quantitative estimate of drug-likeness (QED) is 0.683. The summed E-state index contributed by atoms with van der Waals surface area (Å²) in [6.45, 7) is 1.14. The van der Waals surface area contributed by atoms with Crippen LogP contribution in [0.5, 0.6) is 0 Å². The van der Waals surface area contributed by atoms with E-state index in [1.807, 2.05) is 0 Å². The molecule has 1 amide bonds. The lowest BCUT2D eigenvalue weighted by atomic mass is 10.1. The lowest BCUT2D eigenvalue weighted by molar-refractivity contribution is -0.117. The highest BCUT2D eigenvalue weighted by atomic mass is 79.9. The van der Waals surface area contributed by atoms with E-state index in [9.17, 15) is 9.59 Å². The second-order valence-corrected chi connectivity index (χ2v) is 5.10. The predicted octanol–water partition coefficient (Wildman–Crippen LogP) is 1.93. The van der Waals surface area contributed by atoms with Crippen molar-refractivity contribution in [2.24, 2.45) is 0 Å².